The molecule has 1 aliphatic heterocycles. The summed E-state index contributed by atoms with van der Waals surface area (Å²) in [7, 11) is -1.43. The molecule has 7 heteroatoms. The van der Waals surface area contributed by atoms with Crippen molar-refractivity contribution in [2.45, 2.75) is 19.4 Å². The van der Waals surface area contributed by atoms with Crippen LogP contribution in [-0.2, 0) is 14.6 Å². The van der Waals surface area contributed by atoms with E-state index in [-0.39, 0.29) is 30.1 Å². The molecule has 0 aromatic heterocycles. The Labute approximate surface area is 130 Å². The van der Waals surface area contributed by atoms with Crippen molar-refractivity contribution in [3.8, 4) is 11.5 Å². The van der Waals surface area contributed by atoms with Crippen LogP contribution in [0.25, 0.3) is 0 Å². The van der Waals surface area contributed by atoms with Crippen LogP contribution in [0.5, 0.6) is 11.5 Å². The average molecular weight is 327 g/mol. The van der Waals surface area contributed by atoms with Gasteiger partial charge in [0.15, 0.2) is 16.4 Å². The number of benzene rings is 1. The highest BCUT2D eigenvalue weighted by molar-refractivity contribution is 7.91. The molecule has 0 N–H and O–H groups in total. The molecule has 122 valence electrons. The number of likely N-dealkylation sites (N-methyl/N-ethyl adjacent to an activating group) is 1. The largest absolute Gasteiger partial charge is 0.497 e. The molecule has 0 spiro atoms. The van der Waals surface area contributed by atoms with Crippen molar-refractivity contribution in [1.29, 1.82) is 0 Å². The molecule has 22 heavy (non-hydrogen) atoms. The summed E-state index contributed by atoms with van der Waals surface area (Å²) < 4.78 is 33.6. The van der Waals surface area contributed by atoms with Crippen LogP contribution in [0.3, 0.4) is 0 Å². The van der Waals surface area contributed by atoms with Gasteiger partial charge in [-0.25, -0.2) is 8.42 Å². The van der Waals surface area contributed by atoms with E-state index in [1.807, 2.05) is 6.92 Å². The Morgan fingerprint density at radius 3 is 2.41 bits per heavy atom. The Morgan fingerprint density at radius 2 is 1.91 bits per heavy atom. The summed E-state index contributed by atoms with van der Waals surface area (Å²) in [4.78, 5) is 13.8. The van der Waals surface area contributed by atoms with Gasteiger partial charge in [0.05, 0.1) is 18.6 Å². The van der Waals surface area contributed by atoms with Gasteiger partial charge in [-0.1, -0.05) is 0 Å². The normalized spacial score (nSPS) is 19.6. The molecule has 0 unspecified atom stereocenters. The van der Waals surface area contributed by atoms with Gasteiger partial charge in [0.1, 0.15) is 11.5 Å². The molecule has 1 aliphatic rings. The van der Waals surface area contributed by atoms with Crippen molar-refractivity contribution in [3.05, 3.63) is 24.3 Å². The monoisotopic (exact) mass is 327 g/mol. The van der Waals surface area contributed by atoms with E-state index in [1.54, 1.807) is 36.3 Å². The van der Waals surface area contributed by atoms with E-state index >= 15 is 0 Å². The van der Waals surface area contributed by atoms with E-state index in [0.29, 0.717) is 24.5 Å². The predicted molar refractivity (Wildman–Crippen MR) is 82.9 cm³/mol. The van der Waals surface area contributed by atoms with E-state index in [1.165, 1.54) is 0 Å². The lowest BCUT2D eigenvalue weighted by Gasteiger charge is -2.26. The van der Waals surface area contributed by atoms with Gasteiger partial charge in [-0.15, -0.1) is 0 Å². The lowest BCUT2D eigenvalue weighted by atomic mass is 10.2. The molecule has 1 amide bonds. The standard InChI is InChI=1S/C15H21NO5S/c1-3-16(12-8-9-22(18,19)11-12)15(17)10-21-14-6-4-13(20-2)5-7-14/h4-7,12H,3,8-11H2,1-2H3/t12-/m0/s1. The first-order valence-electron chi connectivity index (χ1n) is 7.22. The number of rotatable bonds is 6. The Bertz CT molecular complexity index is 611. The molecule has 1 fully saturated rings. The summed E-state index contributed by atoms with van der Waals surface area (Å²) in [5.41, 5.74) is 0. The Hall–Kier alpha value is -1.76. The Balaban J connectivity index is 1.92. The van der Waals surface area contributed by atoms with Gasteiger partial charge >= 0.3 is 0 Å². The predicted octanol–water partition coefficient (Wildman–Crippen LogP) is 1.11. The van der Waals surface area contributed by atoms with Crippen LogP contribution in [0.1, 0.15) is 13.3 Å². The van der Waals surface area contributed by atoms with Crippen molar-refractivity contribution >= 4 is 15.7 Å². The maximum absolute atomic E-state index is 12.3. The molecule has 6 nitrogen and oxygen atoms in total. The number of amides is 1. The molecule has 1 saturated heterocycles. The summed E-state index contributed by atoms with van der Waals surface area (Å²) in [6, 6.07) is 6.72. The maximum Gasteiger partial charge on any atom is 0.260 e. The first-order valence-corrected chi connectivity index (χ1v) is 9.04. The second kappa shape index (κ2) is 7.00. The smallest absolute Gasteiger partial charge is 0.260 e. The number of hydrogen-bond acceptors (Lipinski definition) is 5. The molecular formula is C15H21NO5S. The first kappa shape index (κ1) is 16.6. The highest BCUT2D eigenvalue weighted by Gasteiger charge is 2.33. The highest BCUT2D eigenvalue weighted by atomic mass is 32.2. The fourth-order valence-corrected chi connectivity index (χ4v) is 4.29. The highest BCUT2D eigenvalue weighted by Crippen LogP contribution is 2.19. The van der Waals surface area contributed by atoms with Crippen LogP contribution in [0.4, 0.5) is 0 Å². The molecule has 1 heterocycles. The Morgan fingerprint density at radius 1 is 1.27 bits per heavy atom. The van der Waals surface area contributed by atoms with Gasteiger partial charge in [-0.05, 0) is 37.6 Å². The topological polar surface area (TPSA) is 72.9 Å². The molecule has 1 aromatic carbocycles. The van der Waals surface area contributed by atoms with Gasteiger partial charge in [0.25, 0.3) is 5.91 Å². The molecule has 0 bridgehead atoms. The molecule has 0 aliphatic carbocycles. The molecule has 1 atom stereocenters. The van der Waals surface area contributed by atoms with Crippen LogP contribution in [0.15, 0.2) is 24.3 Å². The number of ether oxygens (including phenoxy) is 2. The van der Waals surface area contributed by atoms with E-state index in [2.05, 4.69) is 0 Å². The number of methoxy groups -OCH3 is 1. The Kier molecular flexibility index (Phi) is 5.28. The second-order valence-corrected chi connectivity index (χ2v) is 7.43. The van der Waals surface area contributed by atoms with Crippen LogP contribution in [-0.4, -0.2) is 57.0 Å². The van der Waals surface area contributed by atoms with Gasteiger partial charge in [-0.2, -0.15) is 0 Å². The van der Waals surface area contributed by atoms with Crippen LogP contribution < -0.4 is 9.47 Å². The third-order valence-corrected chi connectivity index (χ3v) is 5.48. The van der Waals surface area contributed by atoms with E-state index in [9.17, 15) is 13.2 Å². The summed E-state index contributed by atoms with van der Waals surface area (Å²) >= 11 is 0. The third kappa shape index (κ3) is 4.13. The van der Waals surface area contributed by atoms with Gasteiger partial charge < -0.3 is 14.4 Å². The maximum atomic E-state index is 12.3. The average Bonchev–Trinajstić information content (AvgIpc) is 2.86. The van der Waals surface area contributed by atoms with Crippen molar-refractivity contribution in [2.24, 2.45) is 0 Å². The quantitative estimate of drug-likeness (QED) is 0.782. The second-order valence-electron chi connectivity index (χ2n) is 5.20. The zero-order chi connectivity index (χ0) is 16.2. The summed E-state index contributed by atoms with van der Waals surface area (Å²) in [6.07, 6.45) is 0.504. The summed E-state index contributed by atoms with van der Waals surface area (Å²) in [5.74, 6) is 1.30. The molecular weight excluding hydrogens is 306 g/mol. The van der Waals surface area contributed by atoms with Crippen molar-refractivity contribution in [3.63, 3.8) is 0 Å². The minimum Gasteiger partial charge on any atom is -0.497 e. The molecule has 2 rings (SSSR count). The number of nitrogens with zero attached hydrogens (tertiary/aromatic N) is 1. The molecule has 0 saturated carbocycles. The first-order chi connectivity index (χ1) is 10.4. The van der Waals surface area contributed by atoms with Crippen molar-refractivity contribution in [2.75, 3.05) is 31.8 Å². The van der Waals surface area contributed by atoms with Gasteiger partial charge in [-0.3, -0.25) is 4.79 Å². The van der Waals surface area contributed by atoms with E-state index < -0.39 is 9.84 Å². The minimum atomic E-state index is -3.01. The fraction of sp³-hybridized carbons (Fsp3) is 0.533. The number of carbonyl (C=O) groups is 1. The molecule has 0 radical (unpaired) electrons. The number of hydrogen-bond donors (Lipinski definition) is 0. The lowest BCUT2D eigenvalue weighted by Crippen LogP contribution is -2.43. The molecule has 1 aromatic rings. The van der Waals surface area contributed by atoms with Gasteiger partial charge in [0.2, 0.25) is 0 Å². The SMILES string of the molecule is CCN(C(=O)COc1ccc(OC)cc1)[C@H]1CCS(=O)(=O)C1. The third-order valence-electron chi connectivity index (χ3n) is 3.73. The summed E-state index contributed by atoms with van der Waals surface area (Å²) in [5, 5.41) is 0. The van der Waals surface area contributed by atoms with Crippen LogP contribution >= 0.6 is 0 Å². The number of sulfone groups is 1. The summed E-state index contributed by atoms with van der Waals surface area (Å²) in [6.45, 7) is 2.22. The lowest BCUT2D eigenvalue weighted by molar-refractivity contribution is -0.135. The van der Waals surface area contributed by atoms with E-state index in [4.69, 9.17) is 9.47 Å². The van der Waals surface area contributed by atoms with E-state index in [0.717, 1.165) is 0 Å². The van der Waals surface area contributed by atoms with Crippen LogP contribution in [0.2, 0.25) is 0 Å². The van der Waals surface area contributed by atoms with Crippen molar-refractivity contribution in [1.82, 2.24) is 4.90 Å². The zero-order valence-corrected chi connectivity index (χ0v) is 13.6. The minimum absolute atomic E-state index is 0.0507. The van der Waals surface area contributed by atoms with Crippen LogP contribution in [0, 0.1) is 0 Å². The number of carbonyl (C=O) groups excluding carboxylic acids is 1. The van der Waals surface area contributed by atoms with Gasteiger partial charge in [0, 0.05) is 12.6 Å². The zero-order valence-electron chi connectivity index (χ0n) is 12.8. The van der Waals surface area contributed by atoms with Crippen molar-refractivity contribution < 1.29 is 22.7 Å². The fourth-order valence-electron chi connectivity index (χ4n) is 2.56.